The fourth-order valence-corrected chi connectivity index (χ4v) is 7.26. The summed E-state index contributed by atoms with van der Waals surface area (Å²) in [6.45, 7) is -1.03. The van der Waals surface area contributed by atoms with Crippen LogP contribution in [0.15, 0.2) is 94.6 Å². The molecular weight excluding hydrogens is 618 g/mol. The lowest BCUT2D eigenvalue weighted by Gasteiger charge is -2.22. The number of nitrogens with one attached hydrogen (secondary N) is 1. The van der Waals surface area contributed by atoms with Gasteiger partial charge in [0.15, 0.2) is 12.5 Å². The zero-order valence-electron chi connectivity index (χ0n) is 22.9. The van der Waals surface area contributed by atoms with Crippen LogP contribution in [-0.4, -0.2) is 50.5 Å². The van der Waals surface area contributed by atoms with Crippen molar-refractivity contribution < 1.29 is 46.5 Å². The zero-order valence-corrected chi connectivity index (χ0v) is 24.7. The second-order valence-electron chi connectivity index (χ2n) is 10.1. The third kappa shape index (κ3) is 7.01. The third-order valence-electron chi connectivity index (χ3n) is 7.15. The van der Waals surface area contributed by atoms with Crippen LogP contribution in [0.4, 0.5) is 0 Å². The summed E-state index contributed by atoms with van der Waals surface area (Å²) in [5.74, 6) is 0. The lowest BCUT2D eigenvalue weighted by molar-refractivity contribution is -0.150. The molecule has 2 saturated heterocycles. The lowest BCUT2D eigenvalue weighted by atomic mass is 10.1. The van der Waals surface area contributed by atoms with Gasteiger partial charge in [0, 0.05) is 18.7 Å². The fourth-order valence-electron chi connectivity index (χ4n) is 5.20. The van der Waals surface area contributed by atoms with E-state index in [0.717, 1.165) is 27.0 Å². The van der Waals surface area contributed by atoms with Crippen LogP contribution in [0.3, 0.4) is 0 Å². The molecule has 0 amide bonds. The molecule has 16 heteroatoms. The monoisotopic (exact) mass is 646 g/mol. The molecule has 3 aromatic carbocycles. The van der Waals surface area contributed by atoms with E-state index >= 15 is 0 Å². The zero-order chi connectivity index (χ0) is 30.9. The second-order valence-corrected chi connectivity index (χ2v) is 13.2. The topological polar surface area (TPSA) is 185 Å². The van der Waals surface area contributed by atoms with Gasteiger partial charge in [-0.3, -0.25) is 23.4 Å². The van der Waals surface area contributed by atoms with Crippen LogP contribution >= 0.6 is 15.6 Å². The maximum absolute atomic E-state index is 12.7. The molecule has 2 fully saturated rings. The molecule has 1 aromatic heterocycles. The van der Waals surface area contributed by atoms with Crippen LogP contribution in [-0.2, 0) is 49.7 Å². The normalized spacial score (nSPS) is 25.8. The third-order valence-corrected chi connectivity index (χ3v) is 9.73. The fraction of sp³-hybridized carbons (Fsp3) is 0.286. The highest BCUT2D eigenvalue weighted by atomic mass is 31.3. The Morgan fingerprint density at radius 3 is 2.32 bits per heavy atom. The van der Waals surface area contributed by atoms with Crippen molar-refractivity contribution in [2.24, 2.45) is 0 Å². The molecule has 0 radical (unpaired) electrons. The average molecular weight is 646 g/mol. The molecule has 232 valence electrons. The molecule has 14 nitrogen and oxygen atoms in total. The molecule has 4 unspecified atom stereocenters. The summed E-state index contributed by atoms with van der Waals surface area (Å²) in [5.41, 5.74) is 0.103. The van der Waals surface area contributed by atoms with Crippen LogP contribution in [0.25, 0.3) is 10.8 Å². The van der Waals surface area contributed by atoms with Gasteiger partial charge in [-0.05, 0) is 21.9 Å². The highest BCUT2D eigenvalue weighted by Gasteiger charge is 2.54. The molecule has 0 aliphatic carbocycles. The van der Waals surface area contributed by atoms with Gasteiger partial charge in [0.2, 0.25) is 0 Å². The molecule has 0 bridgehead atoms. The Labute approximate surface area is 249 Å². The number of phosphoric acid groups is 2. The van der Waals surface area contributed by atoms with Crippen molar-refractivity contribution in [1.82, 2.24) is 9.55 Å². The van der Waals surface area contributed by atoms with E-state index in [0.29, 0.717) is 12.0 Å². The lowest BCUT2D eigenvalue weighted by Crippen LogP contribution is -2.36. The highest BCUT2D eigenvalue weighted by Crippen LogP contribution is 2.61. The number of rotatable bonds is 11. The van der Waals surface area contributed by atoms with E-state index in [1.807, 2.05) is 48.5 Å². The number of aromatic nitrogens is 2. The standard InChI is InChI=1S/C28H28N2O12P2/c31-23-13-14-30(28(32)29-23)27-26-25(40-24(41-26)15-18-7-2-1-3-8-18)22(39-27)17-38-44(35,36)42-43(33,34)37-16-20-11-6-10-19-9-4-5-12-21(19)20/h1-14,22,24-27H,15-17H2,(H,33,34)(H,35,36)(H,29,31,32)/t22-,24?,25?,26+,27-/m1/s1. The van der Waals surface area contributed by atoms with E-state index in [9.17, 15) is 28.5 Å². The minimum atomic E-state index is -5.18. The number of aromatic amines is 1. The van der Waals surface area contributed by atoms with Gasteiger partial charge in [-0.1, -0.05) is 72.8 Å². The minimum Gasteiger partial charge on any atom is -0.346 e. The summed E-state index contributed by atoms with van der Waals surface area (Å²) in [6.07, 6.45) is -3.08. The molecule has 3 heterocycles. The Morgan fingerprint density at radius 1 is 0.818 bits per heavy atom. The molecule has 0 saturated carbocycles. The van der Waals surface area contributed by atoms with Crippen molar-refractivity contribution >= 4 is 26.4 Å². The molecular formula is C28H28N2O12P2. The van der Waals surface area contributed by atoms with E-state index < -0.39 is 64.3 Å². The van der Waals surface area contributed by atoms with E-state index in [-0.39, 0.29) is 6.61 Å². The molecule has 6 rings (SSSR count). The average Bonchev–Trinajstić information content (AvgIpc) is 3.54. The smallest absolute Gasteiger partial charge is 0.346 e. The van der Waals surface area contributed by atoms with Gasteiger partial charge in [0.05, 0.1) is 13.2 Å². The quantitative estimate of drug-likeness (QED) is 0.202. The summed E-state index contributed by atoms with van der Waals surface area (Å²) in [7, 11) is -10.3. The predicted molar refractivity (Wildman–Crippen MR) is 154 cm³/mol. The summed E-state index contributed by atoms with van der Waals surface area (Å²) in [6, 6.07) is 23.1. The Kier molecular flexibility index (Phi) is 8.82. The predicted octanol–water partition coefficient (Wildman–Crippen LogP) is 3.39. The van der Waals surface area contributed by atoms with Crippen LogP contribution in [0.1, 0.15) is 17.4 Å². The summed E-state index contributed by atoms with van der Waals surface area (Å²) in [5, 5.41) is 1.65. The molecule has 4 aromatic rings. The summed E-state index contributed by atoms with van der Waals surface area (Å²) >= 11 is 0. The minimum absolute atomic E-state index is 0.359. The van der Waals surface area contributed by atoms with Crippen molar-refractivity contribution in [1.29, 1.82) is 0 Å². The van der Waals surface area contributed by atoms with Gasteiger partial charge in [-0.15, -0.1) is 0 Å². The maximum atomic E-state index is 12.7. The van der Waals surface area contributed by atoms with Crippen LogP contribution in [0.2, 0.25) is 0 Å². The summed E-state index contributed by atoms with van der Waals surface area (Å²) in [4.78, 5) is 46.8. The van der Waals surface area contributed by atoms with Crippen LogP contribution in [0.5, 0.6) is 0 Å². The number of phosphoric ester groups is 2. The first-order valence-electron chi connectivity index (χ1n) is 13.5. The van der Waals surface area contributed by atoms with E-state index in [4.69, 9.17) is 23.3 Å². The number of hydrogen-bond acceptors (Lipinski definition) is 10. The van der Waals surface area contributed by atoms with Crippen LogP contribution in [0, 0.1) is 0 Å². The van der Waals surface area contributed by atoms with Gasteiger partial charge < -0.3 is 24.0 Å². The Bertz CT molecular complexity index is 1840. The number of benzene rings is 3. The SMILES string of the molecule is O=c1ccn([C@@H]2O[C@H](COP(=O)(O)OP(=O)(O)OCc3cccc4ccccc34)C3OC(Cc4ccccc4)O[C@@H]32)c(=O)[nH]1. The number of ether oxygens (including phenoxy) is 3. The number of nitrogens with zero attached hydrogens (tertiary/aromatic N) is 1. The molecule has 2 aliphatic rings. The number of fused-ring (bicyclic) bond motifs is 2. The Morgan fingerprint density at radius 2 is 1.52 bits per heavy atom. The van der Waals surface area contributed by atoms with Crippen LogP contribution < -0.4 is 11.2 Å². The van der Waals surface area contributed by atoms with Gasteiger partial charge in [-0.2, -0.15) is 4.31 Å². The first kappa shape index (κ1) is 30.8. The van der Waals surface area contributed by atoms with E-state index in [2.05, 4.69) is 9.29 Å². The van der Waals surface area contributed by atoms with Gasteiger partial charge >= 0.3 is 21.3 Å². The molecule has 3 N–H and O–H groups in total. The Hall–Kier alpha value is -3.26. The second kappa shape index (κ2) is 12.6. The van der Waals surface area contributed by atoms with Gasteiger partial charge in [0.1, 0.15) is 18.3 Å². The van der Waals surface area contributed by atoms with Crippen molar-refractivity contribution in [3.63, 3.8) is 0 Å². The summed E-state index contributed by atoms with van der Waals surface area (Å²) < 4.78 is 59.0. The van der Waals surface area contributed by atoms with Crippen molar-refractivity contribution in [2.75, 3.05) is 6.61 Å². The number of H-pyrrole nitrogens is 1. The first-order valence-corrected chi connectivity index (χ1v) is 16.5. The Balaban J connectivity index is 1.13. The van der Waals surface area contributed by atoms with Crippen molar-refractivity contribution in [3.8, 4) is 0 Å². The molecule has 0 spiro atoms. The molecule has 44 heavy (non-hydrogen) atoms. The highest BCUT2D eigenvalue weighted by molar-refractivity contribution is 7.61. The van der Waals surface area contributed by atoms with Gasteiger partial charge in [-0.25, -0.2) is 13.9 Å². The van der Waals surface area contributed by atoms with Crippen molar-refractivity contribution in [3.05, 3.63) is 117 Å². The largest absolute Gasteiger partial charge is 0.481 e. The van der Waals surface area contributed by atoms with Gasteiger partial charge in [0.25, 0.3) is 5.56 Å². The van der Waals surface area contributed by atoms with E-state index in [1.165, 1.54) is 6.20 Å². The first-order chi connectivity index (χ1) is 21.1. The van der Waals surface area contributed by atoms with E-state index in [1.54, 1.807) is 24.3 Å². The van der Waals surface area contributed by atoms with Crippen molar-refractivity contribution in [2.45, 2.75) is 43.9 Å². The number of hydrogen-bond donors (Lipinski definition) is 3. The molecule has 2 aliphatic heterocycles. The molecule has 7 atom stereocenters. The maximum Gasteiger partial charge on any atom is 0.481 e.